The number of carbonyl (C=O) groups is 2. The number of hydrogen-bond donors (Lipinski definition) is 2. The summed E-state index contributed by atoms with van der Waals surface area (Å²) < 4.78 is 1.49. The number of carboxylic acids is 1. The van der Waals surface area contributed by atoms with Crippen LogP contribution in [0.25, 0.3) is 0 Å². The summed E-state index contributed by atoms with van der Waals surface area (Å²) in [5.74, 6) is -0.981. The van der Waals surface area contributed by atoms with Crippen molar-refractivity contribution in [3.63, 3.8) is 0 Å². The van der Waals surface area contributed by atoms with Gasteiger partial charge in [0.05, 0.1) is 6.20 Å². The van der Waals surface area contributed by atoms with Gasteiger partial charge in [0.25, 0.3) is 0 Å². The summed E-state index contributed by atoms with van der Waals surface area (Å²) in [6.07, 6.45) is 3.15. The lowest BCUT2D eigenvalue weighted by atomic mass is 9.68. The van der Waals surface area contributed by atoms with Crippen molar-refractivity contribution < 1.29 is 14.7 Å². The monoisotopic (exact) mass is 223 g/mol. The van der Waals surface area contributed by atoms with E-state index in [-0.39, 0.29) is 0 Å². The van der Waals surface area contributed by atoms with Crippen LogP contribution in [0.1, 0.15) is 19.3 Å². The summed E-state index contributed by atoms with van der Waals surface area (Å²) in [6, 6.07) is 1.63. The lowest BCUT2D eigenvalue weighted by molar-refractivity contribution is -0.159. The highest BCUT2D eigenvalue weighted by Gasteiger charge is 2.51. The Morgan fingerprint density at radius 2 is 2.25 bits per heavy atom. The average Bonchev–Trinajstić information content (AvgIpc) is 2.48. The number of amides is 1. The molecule has 6 heteroatoms. The fourth-order valence-electron chi connectivity index (χ4n) is 1.80. The van der Waals surface area contributed by atoms with Gasteiger partial charge in [-0.1, -0.05) is 6.42 Å². The van der Waals surface area contributed by atoms with Crippen LogP contribution in [-0.4, -0.2) is 26.8 Å². The van der Waals surface area contributed by atoms with Crippen molar-refractivity contribution in [3.05, 3.63) is 12.3 Å². The number of hydrogen-bond acceptors (Lipinski definition) is 3. The maximum absolute atomic E-state index is 11.9. The molecule has 86 valence electrons. The first-order valence-corrected chi connectivity index (χ1v) is 5.09. The molecule has 0 atom stereocenters. The van der Waals surface area contributed by atoms with E-state index in [4.69, 9.17) is 5.11 Å². The van der Waals surface area contributed by atoms with E-state index >= 15 is 0 Å². The van der Waals surface area contributed by atoms with Gasteiger partial charge in [-0.3, -0.25) is 14.3 Å². The zero-order valence-corrected chi connectivity index (χ0v) is 8.93. The lowest BCUT2D eigenvalue weighted by Crippen LogP contribution is -2.48. The highest BCUT2D eigenvalue weighted by molar-refractivity contribution is 6.08. The van der Waals surface area contributed by atoms with Gasteiger partial charge >= 0.3 is 5.97 Å². The minimum absolute atomic E-state index is 0.409. The topological polar surface area (TPSA) is 84.2 Å². The minimum Gasteiger partial charge on any atom is -0.480 e. The molecule has 1 aliphatic carbocycles. The Morgan fingerprint density at radius 3 is 2.62 bits per heavy atom. The van der Waals surface area contributed by atoms with Gasteiger partial charge in [-0.15, -0.1) is 0 Å². The Balaban J connectivity index is 2.14. The van der Waals surface area contributed by atoms with E-state index in [0.717, 1.165) is 6.42 Å². The molecule has 0 bridgehead atoms. The first-order valence-electron chi connectivity index (χ1n) is 5.09. The summed E-state index contributed by atoms with van der Waals surface area (Å²) in [6.45, 7) is 0. The molecule has 16 heavy (non-hydrogen) atoms. The molecule has 1 heterocycles. The quantitative estimate of drug-likeness (QED) is 0.735. The maximum atomic E-state index is 11.9. The van der Waals surface area contributed by atoms with Crippen molar-refractivity contribution in [2.24, 2.45) is 12.5 Å². The number of aliphatic carboxylic acids is 1. The Labute approximate surface area is 92.3 Å². The molecule has 1 aliphatic rings. The summed E-state index contributed by atoms with van der Waals surface area (Å²) in [5.41, 5.74) is -1.23. The number of aromatic nitrogens is 2. The number of rotatable bonds is 3. The predicted molar refractivity (Wildman–Crippen MR) is 55.8 cm³/mol. The summed E-state index contributed by atoms with van der Waals surface area (Å²) in [5, 5.41) is 15.6. The summed E-state index contributed by atoms with van der Waals surface area (Å²) in [7, 11) is 1.68. The fourth-order valence-corrected chi connectivity index (χ4v) is 1.80. The fraction of sp³-hybridized carbons (Fsp3) is 0.500. The first kappa shape index (κ1) is 10.7. The van der Waals surface area contributed by atoms with Crippen LogP contribution in [0.2, 0.25) is 0 Å². The maximum Gasteiger partial charge on any atom is 0.319 e. The third-order valence-electron chi connectivity index (χ3n) is 3.11. The van der Waals surface area contributed by atoms with Crippen molar-refractivity contribution in [1.82, 2.24) is 9.78 Å². The van der Waals surface area contributed by atoms with Crippen LogP contribution in [0.15, 0.2) is 12.3 Å². The van der Waals surface area contributed by atoms with E-state index in [1.54, 1.807) is 19.3 Å². The van der Waals surface area contributed by atoms with Gasteiger partial charge in [0.2, 0.25) is 5.91 Å². The molecule has 1 amide bonds. The molecule has 1 aromatic rings. The van der Waals surface area contributed by atoms with Crippen LogP contribution in [0, 0.1) is 5.41 Å². The van der Waals surface area contributed by atoms with Gasteiger partial charge in [0.1, 0.15) is 11.2 Å². The van der Waals surface area contributed by atoms with Crippen LogP contribution in [0.3, 0.4) is 0 Å². The van der Waals surface area contributed by atoms with Crippen LogP contribution in [0.4, 0.5) is 5.82 Å². The molecule has 0 unspecified atom stereocenters. The molecule has 2 rings (SSSR count). The van der Waals surface area contributed by atoms with Crippen molar-refractivity contribution >= 4 is 17.7 Å². The van der Waals surface area contributed by atoms with Crippen LogP contribution < -0.4 is 5.32 Å². The molecule has 0 radical (unpaired) electrons. The molecule has 1 aromatic heterocycles. The first-order chi connectivity index (χ1) is 7.56. The van der Waals surface area contributed by atoms with Gasteiger partial charge in [-0.25, -0.2) is 0 Å². The van der Waals surface area contributed by atoms with E-state index in [0.29, 0.717) is 18.7 Å². The number of carbonyl (C=O) groups excluding carboxylic acids is 1. The third kappa shape index (κ3) is 1.46. The van der Waals surface area contributed by atoms with Gasteiger partial charge < -0.3 is 10.4 Å². The number of nitrogens with one attached hydrogen (secondary N) is 1. The molecule has 0 aliphatic heterocycles. The van der Waals surface area contributed by atoms with Gasteiger partial charge in [0.15, 0.2) is 0 Å². The molecule has 0 saturated heterocycles. The molecule has 0 spiro atoms. The Bertz CT molecular complexity index is 434. The molecule has 0 aromatic carbocycles. The number of aryl methyl sites for hydroxylation is 1. The number of carboxylic acid groups (broad SMARTS) is 1. The Kier molecular flexibility index (Phi) is 2.41. The van der Waals surface area contributed by atoms with Crippen LogP contribution in [-0.2, 0) is 16.6 Å². The van der Waals surface area contributed by atoms with E-state index in [9.17, 15) is 9.59 Å². The second kappa shape index (κ2) is 3.62. The molecule has 6 nitrogen and oxygen atoms in total. The highest BCUT2D eigenvalue weighted by atomic mass is 16.4. The van der Waals surface area contributed by atoms with Crippen molar-refractivity contribution in [2.45, 2.75) is 19.3 Å². The summed E-state index contributed by atoms with van der Waals surface area (Å²) >= 11 is 0. The molecule has 2 N–H and O–H groups in total. The zero-order valence-electron chi connectivity index (χ0n) is 8.93. The minimum atomic E-state index is -1.23. The van der Waals surface area contributed by atoms with Gasteiger partial charge in [-0.05, 0) is 12.8 Å². The van der Waals surface area contributed by atoms with Crippen molar-refractivity contribution in [1.29, 1.82) is 0 Å². The SMILES string of the molecule is Cn1nccc1NC(=O)C1(C(=O)O)CCC1. The predicted octanol–water partition coefficient (Wildman–Crippen LogP) is 0.613. The molecular weight excluding hydrogens is 210 g/mol. The standard InChI is InChI=1S/C10H13N3O3/c1-13-7(3-6-11-13)12-8(14)10(9(15)16)4-2-5-10/h3,6H,2,4-5H2,1H3,(H,12,14)(H,15,16). The second-order valence-corrected chi connectivity index (χ2v) is 4.03. The largest absolute Gasteiger partial charge is 0.480 e. The smallest absolute Gasteiger partial charge is 0.319 e. The van der Waals surface area contributed by atoms with Gasteiger partial charge in [0, 0.05) is 13.1 Å². The number of anilines is 1. The van der Waals surface area contributed by atoms with E-state index in [1.165, 1.54) is 4.68 Å². The highest BCUT2D eigenvalue weighted by Crippen LogP contribution is 2.42. The summed E-state index contributed by atoms with van der Waals surface area (Å²) in [4.78, 5) is 23.0. The molecule has 1 saturated carbocycles. The van der Waals surface area contributed by atoms with Crippen molar-refractivity contribution in [3.8, 4) is 0 Å². The average molecular weight is 223 g/mol. The third-order valence-corrected chi connectivity index (χ3v) is 3.11. The van der Waals surface area contributed by atoms with Crippen LogP contribution >= 0.6 is 0 Å². The van der Waals surface area contributed by atoms with E-state index < -0.39 is 17.3 Å². The Hall–Kier alpha value is -1.85. The molecule has 1 fully saturated rings. The molecular formula is C10H13N3O3. The zero-order chi connectivity index (χ0) is 11.8. The van der Waals surface area contributed by atoms with Gasteiger partial charge in [-0.2, -0.15) is 5.10 Å². The number of nitrogens with zero attached hydrogens (tertiary/aromatic N) is 2. The lowest BCUT2D eigenvalue weighted by Gasteiger charge is -2.35. The van der Waals surface area contributed by atoms with Crippen LogP contribution in [0.5, 0.6) is 0 Å². The van der Waals surface area contributed by atoms with Crippen molar-refractivity contribution in [2.75, 3.05) is 5.32 Å². The van der Waals surface area contributed by atoms with E-state index in [2.05, 4.69) is 10.4 Å². The second-order valence-electron chi connectivity index (χ2n) is 4.03. The normalized spacial score (nSPS) is 17.6. The van der Waals surface area contributed by atoms with E-state index in [1.807, 2.05) is 0 Å². The Morgan fingerprint density at radius 1 is 1.56 bits per heavy atom.